The summed E-state index contributed by atoms with van der Waals surface area (Å²) in [7, 11) is 2.53. The molecule has 7 nitrogen and oxygen atoms in total. The summed E-state index contributed by atoms with van der Waals surface area (Å²) in [5.41, 5.74) is -0.654. The Kier molecular flexibility index (Phi) is 5.30. The number of aryl methyl sites for hydroxylation is 1. The lowest BCUT2D eigenvalue weighted by Gasteiger charge is -2.08. The Morgan fingerprint density at radius 3 is 2.44 bits per heavy atom. The molecule has 0 radical (unpaired) electrons. The van der Waals surface area contributed by atoms with Gasteiger partial charge in [-0.05, 0) is 17.7 Å². The van der Waals surface area contributed by atoms with Crippen molar-refractivity contribution in [3.8, 4) is 0 Å². The molecule has 0 aliphatic carbocycles. The van der Waals surface area contributed by atoms with Crippen LogP contribution in [0.3, 0.4) is 0 Å². The zero-order valence-corrected chi connectivity index (χ0v) is 13.3. The standard InChI is InChI=1S/C15H15F3N4O3/c1-22-8-11(12(21-22)15(16,17)18)13(23)19-7-9-3-5-10(6-4-9)20-14(24)25-2/h3-6,8H,7H2,1-2H3,(H,19,23)(H,20,24). The maximum atomic E-state index is 12.9. The highest BCUT2D eigenvalue weighted by molar-refractivity contribution is 5.95. The maximum absolute atomic E-state index is 12.9. The van der Waals surface area contributed by atoms with E-state index in [9.17, 15) is 22.8 Å². The first-order chi connectivity index (χ1) is 11.7. The SMILES string of the molecule is COC(=O)Nc1ccc(CNC(=O)c2cn(C)nc2C(F)(F)F)cc1. The normalized spacial score (nSPS) is 11.1. The number of methoxy groups -OCH3 is 1. The van der Waals surface area contributed by atoms with E-state index in [4.69, 9.17) is 0 Å². The van der Waals surface area contributed by atoms with E-state index in [-0.39, 0.29) is 6.54 Å². The number of carbonyl (C=O) groups excluding carboxylic acids is 2. The summed E-state index contributed by atoms with van der Waals surface area (Å²) in [5, 5.41) is 8.14. The Morgan fingerprint density at radius 1 is 1.24 bits per heavy atom. The van der Waals surface area contributed by atoms with E-state index in [1.165, 1.54) is 14.2 Å². The number of aromatic nitrogens is 2. The van der Waals surface area contributed by atoms with Crippen LogP contribution in [-0.4, -0.2) is 28.9 Å². The first-order valence-electron chi connectivity index (χ1n) is 7.03. The average molecular weight is 356 g/mol. The number of nitrogens with one attached hydrogen (secondary N) is 2. The molecule has 0 saturated carbocycles. The van der Waals surface area contributed by atoms with E-state index in [2.05, 4.69) is 20.5 Å². The molecular weight excluding hydrogens is 341 g/mol. The second kappa shape index (κ2) is 7.24. The minimum atomic E-state index is -4.71. The third-order valence-corrected chi connectivity index (χ3v) is 3.18. The molecule has 2 rings (SSSR count). The molecule has 1 aromatic carbocycles. The Bertz CT molecular complexity index is 769. The molecule has 2 amide bonds. The van der Waals surface area contributed by atoms with Crippen LogP contribution >= 0.6 is 0 Å². The van der Waals surface area contributed by atoms with Gasteiger partial charge in [0.05, 0.1) is 12.7 Å². The van der Waals surface area contributed by atoms with Gasteiger partial charge in [0.2, 0.25) is 0 Å². The van der Waals surface area contributed by atoms with Crippen LogP contribution in [-0.2, 0) is 24.5 Å². The van der Waals surface area contributed by atoms with E-state index in [1.807, 2.05) is 0 Å². The minimum absolute atomic E-state index is 0.0174. The molecule has 10 heteroatoms. The van der Waals surface area contributed by atoms with Gasteiger partial charge >= 0.3 is 12.3 Å². The van der Waals surface area contributed by atoms with Crippen LogP contribution < -0.4 is 10.6 Å². The van der Waals surface area contributed by atoms with Crippen LogP contribution in [0.25, 0.3) is 0 Å². The Labute approximate surface area is 140 Å². The van der Waals surface area contributed by atoms with Crippen molar-refractivity contribution in [1.29, 1.82) is 0 Å². The number of benzene rings is 1. The Morgan fingerprint density at radius 2 is 1.88 bits per heavy atom. The quantitative estimate of drug-likeness (QED) is 0.882. The lowest BCUT2D eigenvalue weighted by molar-refractivity contribution is -0.141. The molecule has 2 aromatic rings. The number of alkyl halides is 3. The second-order valence-corrected chi connectivity index (χ2v) is 5.06. The van der Waals surface area contributed by atoms with Crippen LogP contribution in [0.1, 0.15) is 21.6 Å². The van der Waals surface area contributed by atoms with Crippen molar-refractivity contribution in [3.05, 3.63) is 47.3 Å². The molecule has 1 aromatic heterocycles. The minimum Gasteiger partial charge on any atom is -0.453 e. The maximum Gasteiger partial charge on any atom is 0.435 e. The number of hydrogen-bond donors (Lipinski definition) is 2. The van der Waals surface area contributed by atoms with E-state index in [0.717, 1.165) is 10.9 Å². The highest BCUT2D eigenvalue weighted by atomic mass is 19.4. The van der Waals surface area contributed by atoms with Crippen LogP contribution in [0, 0.1) is 0 Å². The molecule has 0 saturated heterocycles. The molecule has 0 bridgehead atoms. The monoisotopic (exact) mass is 356 g/mol. The lowest BCUT2D eigenvalue weighted by atomic mass is 10.2. The number of hydrogen-bond acceptors (Lipinski definition) is 4. The van der Waals surface area contributed by atoms with E-state index < -0.39 is 29.4 Å². The van der Waals surface area contributed by atoms with Gasteiger partial charge in [0, 0.05) is 25.5 Å². The first-order valence-corrected chi connectivity index (χ1v) is 7.03. The molecule has 1 heterocycles. The van der Waals surface area contributed by atoms with Gasteiger partial charge in [0.1, 0.15) is 0 Å². The van der Waals surface area contributed by atoms with Crippen LogP contribution in [0.4, 0.5) is 23.7 Å². The van der Waals surface area contributed by atoms with Crippen molar-refractivity contribution in [2.75, 3.05) is 12.4 Å². The van der Waals surface area contributed by atoms with Crippen molar-refractivity contribution >= 4 is 17.7 Å². The van der Waals surface area contributed by atoms with Crippen molar-refractivity contribution in [2.45, 2.75) is 12.7 Å². The number of anilines is 1. The third kappa shape index (κ3) is 4.72. The zero-order chi connectivity index (χ0) is 18.6. The highest BCUT2D eigenvalue weighted by Gasteiger charge is 2.38. The summed E-state index contributed by atoms with van der Waals surface area (Å²) >= 11 is 0. The van der Waals surface area contributed by atoms with Gasteiger partial charge < -0.3 is 10.1 Å². The molecule has 0 unspecified atom stereocenters. The summed E-state index contributed by atoms with van der Waals surface area (Å²) in [5.74, 6) is -0.878. The van der Waals surface area contributed by atoms with Crippen molar-refractivity contribution in [3.63, 3.8) is 0 Å². The van der Waals surface area contributed by atoms with Gasteiger partial charge in [-0.2, -0.15) is 18.3 Å². The summed E-state index contributed by atoms with van der Waals surface area (Å²) in [6.07, 6.45) is -4.33. The average Bonchev–Trinajstić information content (AvgIpc) is 2.96. The van der Waals surface area contributed by atoms with Gasteiger partial charge in [0.25, 0.3) is 5.91 Å². The van der Waals surface area contributed by atoms with Crippen molar-refractivity contribution < 1.29 is 27.5 Å². The fourth-order valence-corrected chi connectivity index (χ4v) is 2.02. The summed E-state index contributed by atoms with van der Waals surface area (Å²) in [6.45, 7) is 0.0174. The fourth-order valence-electron chi connectivity index (χ4n) is 2.02. The fraction of sp³-hybridized carbons (Fsp3) is 0.267. The van der Waals surface area contributed by atoms with Gasteiger partial charge in [-0.3, -0.25) is 14.8 Å². The predicted octanol–water partition coefficient (Wildman–Crippen LogP) is 2.55. The Balaban J connectivity index is 2.02. The predicted molar refractivity (Wildman–Crippen MR) is 81.8 cm³/mol. The number of carbonyl (C=O) groups is 2. The van der Waals surface area contributed by atoms with E-state index in [0.29, 0.717) is 11.3 Å². The Hall–Kier alpha value is -3.04. The summed E-state index contributed by atoms with van der Waals surface area (Å²) in [6, 6.07) is 6.37. The summed E-state index contributed by atoms with van der Waals surface area (Å²) in [4.78, 5) is 23.1. The molecule has 0 aliphatic rings. The molecule has 0 atom stereocenters. The molecule has 134 valence electrons. The van der Waals surface area contributed by atoms with Gasteiger partial charge in [-0.25, -0.2) is 4.79 Å². The second-order valence-electron chi connectivity index (χ2n) is 5.06. The summed E-state index contributed by atoms with van der Waals surface area (Å²) < 4.78 is 44.0. The zero-order valence-electron chi connectivity index (χ0n) is 13.3. The van der Waals surface area contributed by atoms with E-state index >= 15 is 0 Å². The number of ether oxygens (including phenoxy) is 1. The molecule has 0 spiro atoms. The van der Waals surface area contributed by atoms with Gasteiger partial charge in [-0.15, -0.1) is 0 Å². The first kappa shape index (κ1) is 18.3. The van der Waals surface area contributed by atoms with Gasteiger partial charge in [0.15, 0.2) is 5.69 Å². The number of rotatable bonds is 4. The molecule has 0 fully saturated rings. The number of nitrogens with zero attached hydrogens (tertiary/aromatic N) is 2. The largest absolute Gasteiger partial charge is 0.453 e. The van der Waals surface area contributed by atoms with Crippen molar-refractivity contribution in [2.24, 2.45) is 7.05 Å². The van der Waals surface area contributed by atoms with Crippen LogP contribution in [0.5, 0.6) is 0 Å². The highest BCUT2D eigenvalue weighted by Crippen LogP contribution is 2.30. The van der Waals surface area contributed by atoms with E-state index in [1.54, 1.807) is 24.3 Å². The van der Waals surface area contributed by atoms with Crippen LogP contribution in [0.15, 0.2) is 30.5 Å². The number of halogens is 3. The third-order valence-electron chi connectivity index (χ3n) is 3.18. The molecule has 25 heavy (non-hydrogen) atoms. The van der Waals surface area contributed by atoms with Gasteiger partial charge in [-0.1, -0.05) is 12.1 Å². The lowest BCUT2D eigenvalue weighted by Crippen LogP contribution is -2.25. The number of amides is 2. The topological polar surface area (TPSA) is 85.3 Å². The van der Waals surface area contributed by atoms with Crippen molar-refractivity contribution in [1.82, 2.24) is 15.1 Å². The molecule has 2 N–H and O–H groups in total. The molecular formula is C15H15F3N4O3. The smallest absolute Gasteiger partial charge is 0.435 e. The molecule has 0 aliphatic heterocycles. The van der Waals surface area contributed by atoms with Crippen LogP contribution in [0.2, 0.25) is 0 Å².